The Balaban J connectivity index is 1.23. The first kappa shape index (κ1) is 24.4. The summed E-state index contributed by atoms with van der Waals surface area (Å²) >= 11 is 0. The number of halogens is 2. The molecule has 2 heterocycles. The van der Waals surface area contributed by atoms with Crippen LogP contribution in [0, 0.1) is 17.7 Å². The molecule has 0 radical (unpaired) electrons. The topological polar surface area (TPSA) is 51.7 Å². The zero-order valence-electron chi connectivity index (χ0n) is 20.1. The van der Waals surface area contributed by atoms with E-state index in [1.165, 1.54) is 24.6 Å². The maximum atomic E-state index is 14.2. The van der Waals surface area contributed by atoms with E-state index in [0.717, 1.165) is 64.0 Å². The van der Waals surface area contributed by atoms with E-state index in [9.17, 15) is 13.6 Å². The molecule has 8 heteroatoms. The number of urea groups is 1. The number of piperazine rings is 1. The fraction of sp³-hybridized carbons (Fsp3) is 0.538. The summed E-state index contributed by atoms with van der Waals surface area (Å²) in [4.78, 5) is 22.2. The summed E-state index contributed by atoms with van der Waals surface area (Å²) in [6.45, 7) is 4.55. The summed E-state index contributed by atoms with van der Waals surface area (Å²) in [6.07, 6.45) is 5.62. The molecule has 0 spiro atoms. The minimum atomic E-state index is -0.517. The summed E-state index contributed by atoms with van der Waals surface area (Å²) in [6, 6.07) is 9.68. The second-order valence-electron chi connectivity index (χ2n) is 9.72. The molecular formula is C26H35F2N5O. The molecule has 2 amide bonds. The number of hydrogen-bond donors (Lipinski definition) is 1. The number of hydrogen-bond acceptors (Lipinski definition) is 4. The molecule has 6 nitrogen and oxygen atoms in total. The van der Waals surface area contributed by atoms with E-state index in [1.807, 2.05) is 6.07 Å². The highest BCUT2D eigenvalue weighted by molar-refractivity contribution is 5.73. The van der Waals surface area contributed by atoms with E-state index in [1.54, 1.807) is 31.1 Å². The summed E-state index contributed by atoms with van der Waals surface area (Å²) in [5.74, 6) is 0.529. The Labute approximate surface area is 200 Å². The lowest BCUT2D eigenvalue weighted by molar-refractivity contribution is 0.194. The predicted molar refractivity (Wildman–Crippen MR) is 131 cm³/mol. The lowest BCUT2D eigenvalue weighted by Crippen LogP contribution is -2.47. The van der Waals surface area contributed by atoms with E-state index in [0.29, 0.717) is 23.3 Å². The maximum Gasteiger partial charge on any atom is 0.317 e. The van der Waals surface area contributed by atoms with Crippen LogP contribution in [-0.4, -0.2) is 73.7 Å². The first-order valence-electron chi connectivity index (χ1n) is 12.3. The molecule has 1 aromatic carbocycles. The molecule has 0 bridgehead atoms. The Morgan fingerprint density at radius 3 is 2.32 bits per heavy atom. The molecule has 4 rings (SSSR count). The van der Waals surface area contributed by atoms with Crippen LogP contribution in [0.3, 0.4) is 0 Å². The number of nitrogens with one attached hydrogen (secondary N) is 1. The van der Waals surface area contributed by atoms with Crippen LogP contribution in [0.1, 0.15) is 32.1 Å². The Hall–Kier alpha value is -2.74. The monoisotopic (exact) mass is 471 g/mol. The highest BCUT2D eigenvalue weighted by Crippen LogP contribution is 2.28. The minimum absolute atomic E-state index is 0.00102. The molecule has 1 aromatic heterocycles. The first-order chi connectivity index (χ1) is 16.4. The fourth-order valence-corrected chi connectivity index (χ4v) is 4.92. The summed E-state index contributed by atoms with van der Waals surface area (Å²) in [5, 5.41) is 3.11. The normalized spacial score (nSPS) is 21.4. The molecule has 1 aliphatic heterocycles. The highest BCUT2D eigenvalue weighted by Gasteiger charge is 2.24. The lowest BCUT2D eigenvalue weighted by atomic mass is 9.84. The van der Waals surface area contributed by atoms with Crippen molar-refractivity contribution in [1.82, 2.24) is 20.1 Å². The van der Waals surface area contributed by atoms with Crippen molar-refractivity contribution < 1.29 is 13.6 Å². The highest BCUT2D eigenvalue weighted by atomic mass is 19.1. The number of carbonyl (C=O) groups is 1. The average molecular weight is 472 g/mol. The third-order valence-corrected chi connectivity index (χ3v) is 7.09. The van der Waals surface area contributed by atoms with Crippen LogP contribution < -0.4 is 10.2 Å². The molecule has 1 aliphatic carbocycles. The van der Waals surface area contributed by atoms with Crippen LogP contribution in [0.15, 0.2) is 36.4 Å². The zero-order valence-corrected chi connectivity index (χ0v) is 20.1. The maximum absolute atomic E-state index is 14.2. The summed E-state index contributed by atoms with van der Waals surface area (Å²) in [5.41, 5.74) is 1.49. The number of anilines is 1. The second kappa shape index (κ2) is 11.1. The van der Waals surface area contributed by atoms with Gasteiger partial charge < -0.3 is 15.1 Å². The van der Waals surface area contributed by atoms with Crippen molar-refractivity contribution in [3.05, 3.63) is 48.2 Å². The van der Waals surface area contributed by atoms with E-state index < -0.39 is 5.95 Å². The van der Waals surface area contributed by atoms with Gasteiger partial charge in [0.05, 0.1) is 0 Å². The molecule has 34 heavy (non-hydrogen) atoms. The van der Waals surface area contributed by atoms with Crippen molar-refractivity contribution in [2.24, 2.45) is 5.92 Å². The lowest BCUT2D eigenvalue weighted by Gasteiger charge is -2.37. The van der Waals surface area contributed by atoms with Gasteiger partial charge in [0.2, 0.25) is 5.95 Å². The number of pyridine rings is 1. The second-order valence-corrected chi connectivity index (χ2v) is 9.72. The van der Waals surface area contributed by atoms with Gasteiger partial charge >= 0.3 is 6.03 Å². The predicted octanol–water partition coefficient (Wildman–Crippen LogP) is 4.37. The smallest absolute Gasteiger partial charge is 0.317 e. The van der Waals surface area contributed by atoms with Gasteiger partial charge in [0.25, 0.3) is 0 Å². The largest absolute Gasteiger partial charge is 0.354 e. The fourth-order valence-electron chi connectivity index (χ4n) is 4.92. The summed E-state index contributed by atoms with van der Waals surface area (Å²) in [7, 11) is 3.55. The SMILES string of the molecule is CN(C)C(=O)N[C@H]1CC[C@H](CCN2CCN(c3cc(-c4ccc(F)cc4)cc(F)n3)CC2)CC1. The van der Waals surface area contributed by atoms with Crippen LogP contribution >= 0.6 is 0 Å². The summed E-state index contributed by atoms with van der Waals surface area (Å²) < 4.78 is 27.5. The average Bonchev–Trinajstić information content (AvgIpc) is 2.84. The van der Waals surface area contributed by atoms with E-state index in [-0.39, 0.29) is 11.8 Å². The van der Waals surface area contributed by atoms with Gasteiger partial charge in [-0.1, -0.05) is 12.1 Å². The van der Waals surface area contributed by atoms with E-state index in [4.69, 9.17) is 0 Å². The van der Waals surface area contributed by atoms with Gasteiger partial charge in [-0.05, 0) is 73.9 Å². The molecule has 1 N–H and O–H groups in total. The van der Waals surface area contributed by atoms with Gasteiger partial charge in [0.15, 0.2) is 0 Å². The van der Waals surface area contributed by atoms with Crippen molar-refractivity contribution in [1.29, 1.82) is 0 Å². The van der Waals surface area contributed by atoms with Crippen LogP contribution in [0.25, 0.3) is 11.1 Å². The minimum Gasteiger partial charge on any atom is -0.354 e. The van der Waals surface area contributed by atoms with Crippen molar-refractivity contribution in [2.45, 2.75) is 38.1 Å². The molecule has 2 aromatic rings. The molecule has 1 saturated carbocycles. The zero-order chi connectivity index (χ0) is 24.1. The van der Waals surface area contributed by atoms with E-state index in [2.05, 4.69) is 20.1 Å². The Bertz CT molecular complexity index is 952. The standard InChI is InChI=1S/C26H35F2N5O/c1-31(2)26(34)29-23-9-3-19(4-10-23)11-12-32-13-15-33(16-14-32)25-18-21(17-24(28)30-25)20-5-7-22(27)8-6-20/h5-8,17-19,23H,3-4,9-16H2,1-2H3,(H,29,34)/t19-,23-. The third kappa shape index (κ3) is 6.44. The van der Waals surface area contributed by atoms with Gasteiger partial charge in [0, 0.05) is 52.4 Å². The molecular weight excluding hydrogens is 436 g/mol. The Morgan fingerprint density at radius 1 is 1.00 bits per heavy atom. The third-order valence-electron chi connectivity index (χ3n) is 7.09. The van der Waals surface area contributed by atoms with E-state index >= 15 is 0 Å². The first-order valence-corrected chi connectivity index (χ1v) is 12.3. The van der Waals surface area contributed by atoms with Gasteiger partial charge in [-0.2, -0.15) is 4.39 Å². The molecule has 1 saturated heterocycles. The quantitative estimate of drug-likeness (QED) is 0.636. The van der Waals surface area contributed by atoms with Crippen LogP contribution in [0.5, 0.6) is 0 Å². The Morgan fingerprint density at radius 2 is 1.68 bits per heavy atom. The number of amides is 2. The molecule has 2 fully saturated rings. The van der Waals surface area contributed by atoms with Crippen molar-refractivity contribution in [3.8, 4) is 11.1 Å². The van der Waals surface area contributed by atoms with Gasteiger partial charge in [0.1, 0.15) is 11.6 Å². The molecule has 184 valence electrons. The molecule has 2 aliphatic rings. The van der Waals surface area contributed by atoms with Crippen molar-refractivity contribution >= 4 is 11.8 Å². The number of nitrogens with zero attached hydrogens (tertiary/aromatic N) is 4. The van der Waals surface area contributed by atoms with Gasteiger partial charge in [-0.3, -0.25) is 4.90 Å². The van der Waals surface area contributed by atoms with Crippen molar-refractivity contribution in [2.75, 3.05) is 51.7 Å². The molecule has 0 atom stereocenters. The van der Waals surface area contributed by atoms with Crippen LogP contribution in [0.4, 0.5) is 19.4 Å². The van der Waals surface area contributed by atoms with Crippen molar-refractivity contribution in [3.63, 3.8) is 0 Å². The van der Waals surface area contributed by atoms with Crippen LogP contribution in [-0.2, 0) is 0 Å². The van der Waals surface area contributed by atoms with Gasteiger partial charge in [-0.25, -0.2) is 14.2 Å². The Kier molecular flexibility index (Phi) is 7.98. The number of rotatable bonds is 6. The number of benzene rings is 1. The van der Waals surface area contributed by atoms with Crippen LogP contribution in [0.2, 0.25) is 0 Å². The number of aromatic nitrogens is 1. The molecule has 0 unspecified atom stereocenters. The number of carbonyl (C=O) groups excluding carboxylic acids is 1. The van der Waals surface area contributed by atoms with Gasteiger partial charge in [-0.15, -0.1) is 0 Å².